The Bertz CT molecular complexity index is 850. The lowest BCUT2D eigenvalue weighted by atomic mass is 9.96. The maximum Gasteiger partial charge on any atom is 0.0974 e. The van der Waals surface area contributed by atoms with Gasteiger partial charge in [0, 0.05) is 11.5 Å². The van der Waals surface area contributed by atoms with Gasteiger partial charge in [-0.3, -0.25) is 0 Å². The number of hydrogen-bond acceptors (Lipinski definition) is 1. The Morgan fingerprint density at radius 2 is 2.27 bits per heavy atom. The summed E-state index contributed by atoms with van der Waals surface area (Å²) in [5.74, 6) is 0. The van der Waals surface area contributed by atoms with Gasteiger partial charge >= 0.3 is 0 Å². The lowest BCUT2D eigenvalue weighted by molar-refractivity contribution is 0.744. The van der Waals surface area contributed by atoms with Crippen molar-refractivity contribution in [3.63, 3.8) is 0 Å². The number of nitrogens with zero attached hydrogens (tertiary/aromatic N) is 1. The van der Waals surface area contributed by atoms with E-state index in [-0.39, 0.29) is 5.37 Å². The molecule has 2 aliphatic rings. The zero-order valence-electron chi connectivity index (χ0n) is 13.0. The van der Waals surface area contributed by atoms with Crippen LogP contribution in [0.5, 0.6) is 0 Å². The van der Waals surface area contributed by atoms with Gasteiger partial charge in [0.1, 0.15) is 0 Å². The predicted octanol–water partition coefficient (Wildman–Crippen LogP) is 3.80. The molecule has 2 aliphatic carbocycles. The van der Waals surface area contributed by atoms with Crippen LogP contribution in [0.15, 0.2) is 59.7 Å². The minimum Gasteiger partial charge on any atom is -0.332 e. The molecule has 0 fully saturated rings. The predicted molar refractivity (Wildman–Crippen MR) is 97.1 cm³/mol. The Hall–Kier alpha value is -1.85. The molecule has 2 heteroatoms. The summed E-state index contributed by atoms with van der Waals surface area (Å²) in [7, 11) is 0. The largest absolute Gasteiger partial charge is 0.332 e. The van der Waals surface area contributed by atoms with Crippen LogP contribution in [0, 0.1) is 0 Å². The lowest BCUT2D eigenvalue weighted by Gasteiger charge is -2.15. The van der Waals surface area contributed by atoms with Crippen LogP contribution in [0.4, 0.5) is 0 Å². The first-order chi connectivity index (χ1) is 10.7. The van der Waals surface area contributed by atoms with E-state index in [1.54, 1.807) is 5.57 Å². The zero-order valence-corrected chi connectivity index (χ0v) is 13.9. The first kappa shape index (κ1) is 15.1. The molecular formula is C20H21NS. The van der Waals surface area contributed by atoms with E-state index in [1.807, 2.05) is 19.1 Å². The van der Waals surface area contributed by atoms with Crippen molar-refractivity contribution in [3.8, 4) is 0 Å². The van der Waals surface area contributed by atoms with Crippen molar-refractivity contribution in [3.05, 3.63) is 70.2 Å². The van der Waals surface area contributed by atoms with Gasteiger partial charge in [-0.25, -0.2) is 0 Å². The fraction of sp³-hybridized carbons (Fsp3) is 0.300. The molecule has 1 aromatic heterocycles. The molecule has 22 heavy (non-hydrogen) atoms. The number of thiol groups is 1. The van der Waals surface area contributed by atoms with Gasteiger partial charge in [0.25, 0.3) is 0 Å². The fourth-order valence-corrected chi connectivity index (χ4v) is 3.23. The number of hydrogen-bond donors (Lipinski definition) is 1. The third-order valence-corrected chi connectivity index (χ3v) is 4.95. The van der Waals surface area contributed by atoms with E-state index in [1.165, 1.54) is 16.1 Å². The second-order valence-corrected chi connectivity index (χ2v) is 6.42. The van der Waals surface area contributed by atoms with Crippen LogP contribution in [-0.2, 0) is 0 Å². The van der Waals surface area contributed by atoms with Gasteiger partial charge in [0.15, 0.2) is 0 Å². The number of aromatic nitrogens is 1. The molecule has 0 bridgehead atoms. The molecule has 1 unspecified atom stereocenters. The van der Waals surface area contributed by atoms with Gasteiger partial charge in [-0.1, -0.05) is 29.7 Å². The first-order valence-corrected chi connectivity index (χ1v) is 8.27. The van der Waals surface area contributed by atoms with Crippen molar-refractivity contribution >= 4 is 24.3 Å². The maximum atomic E-state index is 4.68. The highest BCUT2D eigenvalue weighted by Crippen LogP contribution is 2.21. The highest BCUT2D eigenvalue weighted by atomic mass is 32.1. The lowest BCUT2D eigenvalue weighted by Crippen LogP contribution is -2.34. The van der Waals surface area contributed by atoms with E-state index in [4.69, 9.17) is 0 Å². The molecule has 1 heterocycles. The van der Waals surface area contributed by atoms with Crippen LogP contribution in [0.2, 0.25) is 0 Å². The minimum absolute atomic E-state index is 0.0543. The maximum absolute atomic E-state index is 4.68. The van der Waals surface area contributed by atoms with Crippen molar-refractivity contribution in [2.45, 2.75) is 38.0 Å². The Morgan fingerprint density at radius 3 is 3.00 bits per heavy atom. The monoisotopic (exact) mass is 307 g/mol. The van der Waals surface area contributed by atoms with E-state index in [0.717, 1.165) is 31.3 Å². The zero-order chi connectivity index (χ0) is 15.5. The number of allylic oxidation sites excluding steroid dienone is 4. The van der Waals surface area contributed by atoms with Crippen molar-refractivity contribution in [1.82, 2.24) is 4.57 Å². The van der Waals surface area contributed by atoms with Gasteiger partial charge in [-0.2, -0.15) is 0 Å². The second kappa shape index (κ2) is 6.50. The summed E-state index contributed by atoms with van der Waals surface area (Å²) < 4.78 is 2.23. The summed E-state index contributed by atoms with van der Waals surface area (Å²) in [6, 6.07) is 2.23. The molecule has 0 saturated carbocycles. The topological polar surface area (TPSA) is 4.93 Å². The Balaban J connectivity index is 1.90. The van der Waals surface area contributed by atoms with Crippen LogP contribution in [0.1, 0.15) is 38.0 Å². The summed E-state index contributed by atoms with van der Waals surface area (Å²) in [6.07, 6.45) is 15.0. The quantitative estimate of drug-likeness (QED) is 0.479. The smallest absolute Gasteiger partial charge is 0.0974 e. The Morgan fingerprint density at radius 1 is 1.41 bits per heavy atom. The van der Waals surface area contributed by atoms with Gasteiger partial charge in [-0.15, -0.1) is 12.6 Å². The van der Waals surface area contributed by atoms with E-state index in [2.05, 4.69) is 59.7 Å². The third kappa shape index (κ3) is 3.00. The van der Waals surface area contributed by atoms with Crippen molar-refractivity contribution in [2.24, 2.45) is 0 Å². The number of rotatable bonds is 5. The highest BCUT2D eigenvalue weighted by molar-refractivity contribution is 7.80. The van der Waals surface area contributed by atoms with E-state index < -0.39 is 0 Å². The van der Waals surface area contributed by atoms with Gasteiger partial charge < -0.3 is 4.57 Å². The van der Waals surface area contributed by atoms with Crippen molar-refractivity contribution < 1.29 is 0 Å². The van der Waals surface area contributed by atoms with Crippen LogP contribution in [0.25, 0.3) is 11.6 Å². The summed E-state index contributed by atoms with van der Waals surface area (Å²) in [5, 5.41) is 2.74. The van der Waals surface area contributed by atoms with E-state index in [9.17, 15) is 0 Å². The van der Waals surface area contributed by atoms with Crippen LogP contribution in [0.3, 0.4) is 0 Å². The summed E-state index contributed by atoms with van der Waals surface area (Å²) in [4.78, 5) is 0. The van der Waals surface area contributed by atoms with Gasteiger partial charge in [-0.05, 0) is 73.3 Å². The molecular weight excluding hydrogens is 286 g/mol. The Kier molecular flexibility index (Phi) is 4.45. The van der Waals surface area contributed by atoms with Crippen LogP contribution < -0.4 is 10.6 Å². The minimum atomic E-state index is 0.0543. The van der Waals surface area contributed by atoms with Crippen molar-refractivity contribution in [2.75, 3.05) is 0 Å². The fourth-order valence-electron chi connectivity index (χ4n) is 3.03. The molecule has 0 aliphatic heterocycles. The molecule has 0 N–H and O–H groups in total. The average molecular weight is 307 g/mol. The van der Waals surface area contributed by atoms with Crippen molar-refractivity contribution in [1.29, 1.82) is 0 Å². The molecule has 0 spiro atoms. The Labute approximate surface area is 137 Å². The summed E-state index contributed by atoms with van der Waals surface area (Å²) in [5.41, 5.74) is 9.94. The molecule has 0 saturated heterocycles. The standard InChI is InChI=1S/C20H21NS/c1-15(2)20(22)21-14-13-18-17(9-6-10-19(18)21)12-11-16-7-4-3-5-8-16/h4,7-8,10,13-14,20,22H,1,6,9,11-12H2,2H3. The summed E-state index contributed by atoms with van der Waals surface area (Å²) >= 11 is 4.68. The molecule has 0 amide bonds. The SMILES string of the molecule is C=C(C)C(S)n1ccc2c1=CCCC=2CCC1=CC=C=C=C1. The highest BCUT2D eigenvalue weighted by Gasteiger charge is 2.12. The molecule has 112 valence electrons. The third-order valence-electron chi connectivity index (χ3n) is 4.26. The molecule has 0 aromatic carbocycles. The van der Waals surface area contributed by atoms with Crippen LogP contribution in [-0.4, -0.2) is 4.57 Å². The molecule has 0 radical (unpaired) electrons. The van der Waals surface area contributed by atoms with Gasteiger partial charge in [0.05, 0.1) is 5.37 Å². The summed E-state index contributed by atoms with van der Waals surface area (Å²) in [6.45, 7) is 6.06. The average Bonchev–Trinajstić information content (AvgIpc) is 2.97. The van der Waals surface area contributed by atoms with Crippen LogP contribution >= 0.6 is 12.6 Å². The van der Waals surface area contributed by atoms with E-state index >= 15 is 0 Å². The molecule has 1 nitrogen and oxygen atoms in total. The molecule has 1 atom stereocenters. The first-order valence-electron chi connectivity index (χ1n) is 7.76. The number of fused-ring (bicyclic) bond motifs is 1. The van der Waals surface area contributed by atoms with E-state index in [0.29, 0.717) is 0 Å². The molecule has 1 aromatic rings. The van der Waals surface area contributed by atoms with Gasteiger partial charge in [0.2, 0.25) is 0 Å². The normalized spacial score (nSPS) is 17.0. The second-order valence-electron chi connectivity index (χ2n) is 5.93. The molecule has 3 rings (SSSR count).